The zero-order chi connectivity index (χ0) is 15.1. The Labute approximate surface area is 125 Å². The van der Waals surface area contributed by atoms with Gasteiger partial charge in [-0.2, -0.15) is 0 Å². The molecule has 1 heterocycles. The molecule has 21 heavy (non-hydrogen) atoms. The van der Waals surface area contributed by atoms with Crippen molar-refractivity contribution in [3.63, 3.8) is 0 Å². The van der Waals surface area contributed by atoms with E-state index in [-0.39, 0.29) is 18.8 Å². The number of rotatable bonds is 5. The highest BCUT2D eigenvalue weighted by atomic mass is 19.3. The molecule has 0 aromatic heterocycles. The van der Waals surface area contributed by atoms with Crippen molar-refractivity contribution in [1.29, 1.82) is 0 Å². The number of nitrogens with zero attached hydrogens (tertiary/aromatic N) is 2. The topological polar surface area (TPSA) is 48.9 Å². The minimum Gasteiger partial charge on any atom is -0.379 e. The smallest absolute Gasteiger partial charge is 0.248 e. The van der Waals surface area contributed by atoms with Crippen molar-refractivity contribution in [1.82, 2.24) is 15.5 Å². The van der Waals surface area contributed by atoms with E-state index in [2.05, 4.69) is 20.5 Å². The van der Waals surface area contributed by atoms with Crippen molar-refractivity contribution >= 4 is 5.96 Å². The summed E-state index contributed by atoms with van der Waals surface area (Å²) in [7, 11) is 1.70. The summed E-state index contributed by atoms with van der Waals surface area (Å²) in [5.74, 6) is -1.74. The predicted octanol–water partition coefficient (Wildman–Crippen LogP) is 0.919. The van der Waals surface area contributed by atoms with Crippen LogP contribution in [-0.4, -0.2) is 69.8 Å². The molecule has 2 aliphatic rings. The molecule has 1 unspecified atom stereocenters. The number of hydrogen-bond acceptors (Lipinski definition) is 3. The molecular formula is C14H26F2N4O. The Bertz CT molecular complexity index is 346. The maximum atomic E-state index is 13.1. The average Bonchev–Trinajstić information content (AvgIpc) is 2.83. The molecule has 0 radical (unpaired) electrons. The molecule has 1 saturated carbocycles. The van der Waals surface area contributed by atoms with Gasteiger partial charge in [-0.3, -0.25) is 9.89 Å². The third-order valence-corrected chi connectivity index (χ3v) is 4.11. The second-order valence-electron chi connectivity index (χ2n) is 5.80. The van der Waals surface area contributed by atoms with Crippen molar-refractivity contribution in [3.8, 4) is 0 Å². The average molecular weight is 304 g/mol. The lowest BCUT2D eigenvalue weighted by molar-refractivity contribution is 0.00523. The number of nitrogens with one attached hydrogen (secondary N) is 2. The fraction of sp³-hybridized carbons (Fsp3) is 0.929. The van der Waals surface area contributed by atoms with Gasteiger partial charge in [0.1, 0.15) is 0 Å². The molecule has 2 fully saturated rings. The van der Waals surface area contributed by atoms with Gasteiger partial charge in [-0.1, -0.05) is 0 Å². The molecule has 7 heteroatoms. The van der Waals surface area contributed by atoms with Crippen LogP contribution in [0.25, 0.3) is 0 Å². The zero-order valence-corrected chi connectivity index (χ0v) is 12.7. The van der Waals surface area contributed by atoms with Crippen molar-refractivity contribution in [3.05, 3.63) is 0 Å². The van der Waals surface area contributed by atoms with Gasteiger partial charge in [-0.05, 0) is 12.3 Å². The Kier molecular flexibility index (Phi) is 6.17. The van der Waals surface area contributed by atoms with Gasteiger partial charge in [0, 0.05) is 52.6 Å². The van der Waals surface area contributed by atoms with Crippen molar-refractivity contribution in [2.24, 2.45) is 10.9 Å². The van der Waals surface area contributed by atoms with Gasteiger partial charge in [0.15, 0.2) is 5.96 Å². The minimum atomic E-state index is -2.47. The Hall–Kier alpha value is -0.950. The number of morpholine rings is 1. The van der Waals surface area contributed by atoms with Crippen LogP contribution in [0.5, 0.6) is 0 Å². The van der Waals surface area contributed by atoms with Crippen LogP contribution in [0.3, 0.4) is 0 Å². The van der Waals surface area contributed by atoms with Crippen molar-refractivity contribution in [2.75, 3.05) is 53.0 Å². The van der Waals surface area contributed by atoms with Gasteiger partial charge in [0.05, 0.1) is 13.2 Å². The summed E-state index contributed by atoms with van der Waals surface area (Å²) < 4.78 is 31.5. The minimum absolute atomic E-state index is 0.00915. The first kappa shape index (κ1) is 16.4. The number of guanidine groups is 1. The van der Waals surface area contributed by atoms with E-state index in [1.54, 1.807) is 7.05 Å². The Morgan fingerprint density at radius 3 is 2.71 bits per heavy atom. The number of ether oxygens (including phenoxy) is 1. The molecule has 5 nitrogen and oxygen atoms in total. The molecular weight excluding hydrogens is 278 g/mol. The number of aliphatic imine (C=N–C) groups is 1. The quantitative estimate of drug-likeness (QED) is 0.586. The molecule has 0 aromatic carbocycles. The fourth-order valence-corrected chi connectivity index (χ4v) is 2.83. The number of alkyl halides is 2. The van der Waals surface area contributed by atoms with Crippen LogP contribution < -0.4 is 10.6 Å². The van der Waals surface area contributed by atoms with E-state index in [9.17, 15) is 8.78 Å². The summed E-state index contributed by atoms with van der Waals surface area (Å²) in [5, 5.41) is 6.38. The predicted molar refractivity (Wildman–Crippen MR) is 78.9 cm³/mol. The summed E-state index contributed by atoms with van der Waals surface area (Å²) >= 11 is 0. The molecule has 1 aliphatic heterocycles. The molecule has 1 aliphatic carbocycles. The zero-order valence-electron chi connectivity index (χ0n) is 12.7. The van der Waals surface area contributed by atoms with Crippen LogP contribution in [0.2, 0.25) is 0 Å². The third-order valence-electron chi connectivity index (χ3n) is 4.11. The SMILES string of the molecule is CN=C(NCCN1CCOCC1)NCC1CCC(F)(F)C1. The normalized spacial score (nSPS) is 26.8. The Balaban J connectivity index is 1.60. The lowest BCUT2D eigenvalue weighted by Crippen LogP contribution is -2.45. The van der Waals surface area contributed by atoms with Gasteiger partial charge in [0.25, 0.3) is 0 Å². The van der Waals surface area contributed by atoms with E-state index in [0.717, 1.165) is 39.4 Å². The van der Waals surface area contributed by atoms with E-state index >= 15 is 0 Å². The Morgan fingerprint density at radius 2 is 2.10 bits per heavy atom. The van der Waals surface area contributed by atoms with Gasteiger partial charge in [-0.15, -0.1) is 0 Å². The van der Waals surface area contributed by atoms with Crippen molar-refractivity contribution < 1.29 is 13.5 Å². The third kappa shape index (κ3) is 5.74. The van der Waals surface area contributed by atoms with Gasteiger partial charge in [0.2, 0.25) is 5.92 Å². The van der Waals surface area contributed by atoms with E-state index in [0.29, 0.717) is 18.9 Å². The van der Waals surface area contributed by atoms with E-state index in [1.807, 2.05) is 0 Å². The van der Waals surface area contributed by atoms with Crippen molar-refractivity contribution in [2.45, 2.75) is 25.2 Å². The van der Waals surface area contributed by atoms with Crippen LogP contribution in [0.1, 0.15) is 19.3 Å². The summed E-state index contributed by atoms with van der Waals surface area (Å²) in [6.07, 6.45) is 0.595. The first-order valence-electron chi connectivity index (χ1n) is 7.71. The lowest BCUT2D eigenvalue weighted by atomic mass is 10.1. The van der Waals surface area contributed by atoms with Crippen LogP contribution in [0.4, 0.5) is 8.78 Å². The monoisotopic (exact) mass is 304 g/mol. The highest BCUT2D eigenvalue weighted by molar-refractivity contribution is 5.79. The van der Waals surface area contributed by atoms with Crippen LogP contribution >= 0.6 is 0 Å². The first-order valence-corrected chi connectivity index (χ1v) is 7.71. The summed E-state index contributed by atoms with van der Waals surface area (Å²) in [5.41, 5.74) is 0. The fourth-order valence-electron chi connectivity index (χ4n) is 2.83. The van der Waals surface area contributed by atoms with Crippen LogP contribution in [0.15, 0.2) is 4.99 Å². The maximum absolute atomic E-state index is 13.1. The Morgan fingerprint density at radius 1 is 1.33 bits per heavy atom. The second-order valence-corrected chi connectivity index (χ2v) is 5.80. The molecule has 1 atom stereocenters. The lowest BCUT2D eigenvalue weighted by Gasteiger charge is -2.26. The van der Waals surface area contributed by atoms with E-state index in [1.165, 1.54) is 0 Å². The molecule has 0 spiro atoms. The van der Waals surface area contributed by atoms with Gasteiger partial charge < -0.3 is 15.4 Å². The molecule has 0 aromatic rings. The molecule has 0 amide bonds. The second kappa shape index (κ2) is 7.89. The standard InChI is InChI=1S/C14H26F2N4O/c1-17-13(18-4-5-20-6-8-21-9-7-20)19-11-12-2-3-14(15,16)10-12/h12H,2-11H2,1H3,(H2,17,18,19). The first-order chi connectivity index (χ1) is 10.1. The van der Waals surface area contributed by atoms with E-state index in [4.69, 9.17) is 4.74 Å². The van der Waals surface area contributed by atoms with Crippen LogP contribution in [-0.2, 0) is 4.74 Å². The molecule has 0 bridgehead atoms. The van der Waals surface area contributed by atoms with Gasteiger partial charge in [-0.25, -0.2) is 8.78 Å². The summed E-state index contributed by atoms with van der Waals surface area (Å²) in [6.45, 7) is 5.81. The highest BCUT2D eigenvalue weighted by Gasteiger charge is 2.39. The summed E-state index contributed by atoms with van der Waals surface area (Å²) in [6, 6.07) is 0. The number of halogens is 2. The molecule has 2 N–H and O–H groups in total. The maximum Gasteiger partial charge on any atom is 0.248 e. The number of hydrogen-bond donors (Lipinski definition) is 2. The molecule has 122 valence electrons. The largest absolute Gasteiger partial charge is 0.379 e. The van der Waals surface area contributed by atoms with Crippen LogP contribution in [0, 0.1) is 5.92 Å². The molecule has 1 saturated heterocycles. The van der Waals surface area contributed by atoms with Gasteiger partial charge >= 0.3 is 0 Å². The highest BCUT2D eigenvalue weighted by Crippen LogP contribution is 2.38. The summed E-state index contributed by atoms with van der Waals surface area (Å²) in [4.78, 5) is 6.47. The molecule has 2 rings (SSSR count). The van der Waals surface area contributed by atoms with E-state index < -0.39 is 5.92 Å².